The van der Waals surface area contributed by atoms with Gasteiger partial charge in [0, 0.05) is 22.2 Å². The summed E-state index contributed by atoms with van der Waals surface area (Å²) >= 11 is 11.9. The zero-order chi connectivity index (χ0) is 28.9. The molecule has 2 N–H and O–H groups in total. The molecule has 0 aliphatic carbocycles. The van der Waals surface area contributed by atoms with Crippen LogP contribution in [0.1, 0.15) is 22.6 Å². The molecule has 4 aromatic rings. The maximum Gasteiger partial charge on any atom is 0.349 e. The van der Waals surface area contributed by atoms with Gasteiger partial charge in [0.05, 0.1) is 10.9 Å². The number of nitrogens with zero attached hydrogens (tertiary/aromatic N) is 1. The van der Waals surface area contributed by atoms with Crippen molar-refractivity contribution in [2.75, 3.05) is 6.61 Å². The van der Waals surface area contributed by atoms with Crippen molar-refractivity contribution < 1.29 is 28.1 Å². The first-order valence-electron chi connectivity index (χ1n) is 12.3. The van der Waals surface area contributed by atoms with Crippen LogP contribution >= 0.6 is 23.2 Å². The highest BCUT2D eigenvalue weighted by Gasteiger charge is 2.31. The molecule has 0 aromatic heterocycles. The highest BCUT2D eigenvalue weighted by atomic mass is 35.5. The van der Waals surface area contributed by atoms with Gasteiger partial charge in [-0.05, 0) is 48.0 Å². The summed E-state index contributed by atoms with van der Waals surface area (Å²) in [4.78, 5) is 12.4. The summed E-state index contributed by atoms with van der Waals surface area (Å²) in [5.41, 5.74) is 8.18. The molecule has 10 heteroatoms. The van der Waals surface area contributed by atoms with Gasteiger partial charge in [-0.2, -0.15) is 5.26 Å². The lowest BCUT2D eigenvalue weighted by molar-refractivity contribution is -0.136. The minimum atomic E-state index is -0.671. The van der Waals surface area contributed by atoms with E-state index in [1.165, 1.54) is 18.2 Å². The first-order chi connectivity index (χ1) is 19.8. The summed E-state index contributed by atoms with van der Waals surface area (Å²) in [5, 5.41) is 10.5. The van der Waals surface area contributed by atoms with Gasteiger partial charge in [-0.15, -0.1) is 0 Å². The Kier molecular flexibility index (Phi) is 8.29. The zero-order valence-electron chi connectivity index (χ0n) is 21.3. The second-order valence-electron chi connectivity index (χ2n) is 8.91. The topological polar surface area (TPSA) is 104 Å². The summed E-state index contributed by atoms with van der Waals surface area (Å²) in [5.74, 6) is -0.263. The number of carbonyl (C=O) groups is 1. The van der Waals surface area contributed by atoms with Crippen LogP contribution in [0.4, 0.5) is 4.39 Å². The Morgan fingerprint density at radius 2 is 1.73 bits per heavy atom. The lowest BCUT2D eigenvalue weighted by Gasteiger charge is -2.26. The fourth-order valence-corrected chi connectivity index (χ4v) is 4.73. The van der Waals surface area contributed by atoms with E-state index in [1.807, 2.05) is 0 Å². The molecule has 0 bridgehead atoms. The molecular formula is C31H21Cl2FN2O5. The van der Waals surface area contributed by atoms with E-state index in [1.54, 1.807) is 66.7 Å². The van der Waals surface area contributed by atoms with Crippen molar-refractivity contribution in [2.24, 2.45) is 5.73 Å². The van der Waals surface area contributed by atoms with Crippen LogP contribution < -0.4 is 24.7 Å². The SMILES string of the molecule is N#CC1=C(N)Oc2cc(OC(=O)COc3ccc(Cl)cc3Cl)ccc2C1c1ccc(OCc2ccccc2F)cc1. The number of halogens is 3. The quantitative estimate of drug-likeness (QED) is 0.175. The van der Waals surface area contributed by atoms with E-state index in [0.29, 0.717) is 27.6 Å². The number of hydrogen-bond acceptors (Lipinski definition) is 7. The van der Waals surface area contributed by atoms with Crippen molar-refractivity contribution in [1.82, 2.24) is 0 Å². The predicted octanol–water partition coefficient (Wildman–Crippen LogP) is 6.91. The molecule has 0 radical (unpaired) electrons. The third-order valence-corrected chi connectivity index (χ3v) is 6.76. The summed E-state index contributed by atoms with van der Waals surface area (Å²) in [6, 6.07) is 25.0. The number of nitriles is 1. The Hall–Kier alpha value is -4.71. The fraction of sp³-hybridized carbons (Fsp3) is 0.0968. The number of benzene rings is 4. The van der Waals surface area contributed by atoms with Crippen molar-refractivity contribution in [3.8, 4) is 29.1 Å². The normalized spacial score (nSPS) is 14.0. The lowest BCUT2D eigenvalue weighted by Crippen LogP contribution is -2.21. The summed E-state index contributed by atoms with van der Waals surface area (Å²) < 4.78 is 36.2. The third kappa shape index (κ3) is 6.38. The number of esters is 1. The van der Waals surface area contributed by atoms with Crippen molar-refractivity contribution in [2.45, 2.75) is 12.5 Å². The van der Waals surface area contributed by atoms with Gasteiger partial charge in [-0.25, -0.2) is 9.18 Å². The molecule has 1 aliphatic heterocycles. The average molecular weight is 591 g/mol. The van der Waals surface area contributed by atoms with Gasteiger partial charge in [0.15, 0.2) is 6.61 Å². The zero-order valence-corrected chi connectivity index (χ0v) is 22.8. The van der Waals surface area contributed by atoms with Crippen LogP contribution in [0.5, 0.6) is 23.0 Å². The maximum absolute atomic E-state index is 13.9. The Labute approximate surface area is 245 Å². The predicted molar refractivity (Wildman–Crippen MR) is 151 cm³/mol. The number of nitrogens with two attached hydrogens (primary N) is 1. The molecule has 0 saturated carbocycles. The molecule has 1 aliphatic rings. The average Bonchev–Trinajstić information content (AvgIpc) is 2.96. The van der Waals surface area contributed by atoms with Crippen LogP contribution in [0.3, 0.4) is 0 Å². The Bertz CT molecular complexity index is 1690. The van der Waals surface area contributed by atoms with Gasteiger partial charge >= 0.3 is 5.97 Å². The van der Waals surface area contributed by atoms with E-state index >= 15 is 0 Å². The molecule has 5 rings (SSSR count). The van der Waals surface area contributed by atoms with Gasteiger partial charge < -0.3 is 24.7 Å². The van der Waals surface area contributed by atoms with Crippen LogP contribution in [0.25, 0.3) is 0 Å². The summed E-state index contributed by atoms with van der Waals surface area (Å²) in [6.45, 7) is -0.324. The van der Waals surface area contributed by atoms with E-state index in [2.05, 4.69) is 6.07 Å². The van der Waals surface area contributed by atoms with Crippen LogP contribution in [0.15, 0.2) is 96.4 Å². The smallest absolute Gasteiger partial charge is 0.349 e. The minimum Gasteiger partial charge on any atom is -0.489 e. The summed E-state index contributed by atoms with van der Waals surface area (Å²) in [6.07, 6.45) is 0. The Morgan fingerprint density at radius 3 is 2.46 bits per heavy atom. The van der Waals surface area contributed by atoms with Crippen LogP contribution in [0.2, 0.25) is 10.0 Å². The second-order valence-corrected chi connectivity index (χ2v) is 9.75. The van der Waals surface area contributed by atoms with Crippen LogP contribution in [-0.4, -0.2) is 12.6 Å². The number of hydrogen-bond donors (Lipinski definition) is 1. The van der Waals surface area contributed by atoms with Gasteiger partial charge in [0.25, 0.3) is 0 Å². The van der Waals surface area contributed by atoms with Crippen molar-refractivity contribution >= 4 is 29.2 Å². The van der Waals surface area contributed by atoms with E-state index < -0.39 is 18.5 Å². The molecule has 1 atom stereocenters. The molecule has 0 amide bonds. The molecule has 0 saturated heterocycles. The molecule has 206 valence electrons. The highest BCUT2D eigenvalue weighted by molar-refractivity contribution is 6.35. The second kappa shape index (κ2) is 12.2. The fourth-order valence-electron chi connectivity index (χ4n) is 4.27. The molecular weight excluding hydrogens is 570 g/mol. The summed E-state index contributed by atoms with van der Waals surface area (Å²) in [7, 11) is 0. The number of fused-ring (bicyclic) bond motifs is 1. The number of rotatable bonds is 8. The van der Waals surface area contributed by atoms with Gasteiger partial charge in [0.1, 0.15) is 47.1 Å². The molecule has 41 heavy (non-hydrogen) atoms. The standard InChI is InChI=1S/C31H21Cl2FN2O5/c32-20-7-12-27(25(33)13-20)39-17-29(37)40-22-10-11-23-28(14-22)41-31(36)24(15-35)30(23)18-5-8-21(9-6-18)38-16-19-3-1-2-4-26(19)34/h1-14,30H,16-17,36H2. The highest BCUT2D eigenvalue weighted by Crippen LogP contribution is 2.43. The van der Waals surface area contributed by atoms with Crippen molar-refractivity contribution in [3.05, 3.63) is 129 Å². The monoisotopic (exact) mass is 590 g/mol. The Balaban J connectivity index is 1.30. The Morgan fingerprint density at radius 1 is 0.976 bits per heavy atom. The van der Waals surface area contributed by atoms with Crippen LogP contribution in [-0.2, 0) is 11.4 Å². The third-order valence-electron chi connectivity index (χ3n) is 6.23. The minimum absolute atomic E-state index is 0.0610. The molecule has 4 aromatic carbocycles. The number of allylic oxidation sites excluding steroid dienone is 1. The number of ether oxygens (including phenoxy) is 4. The molecule has 0 spiro atoms. The van der Waals surface area contributed by atoms with Gasteiger partial charge in [-0.3, -0.25) is 0 Å². The molecule has 1 heterocycles. The van der Waals surface area contributed by atoms with Crippen molar-refractivity contribution in [1.29, 1.82) is 5.26 Å². The van der Waals surface area contributed by atoms with E-state index in [9.17, 15) is 14.4 Å². The van der Waals surface area contributed by atoms with Crippen molar-refractivity contribution in [3.63, 3.8) is 0 Å². The first-order valence-corrected chi connectivity index (χ1v) is 13.0. The molecule has 7 nitrogen and oxygen atoms in total. The van der Waals surface area contributed by atoms with Gasteiger partial charge in [0.2, 0.25) is 5.88 Å². The number of carbonyl (C=O) groups excluding carboxylic acids is 1. The largest absolute Gasteiger partial charge is 0.489 e. The lowest BCUT2D eigenvalue weighted by atomic mass is 9.83. The molecule has 0 fully saturated rings. The van der Waals surface area contributed by atoms with E-state index in [-0.39, 0.29) is 40.4 Å². The van der Waals surface area contributed by atoms with E-state index in [4.69, 9.17) is 47.9 Å². The van der Waals surface area contributed by atoms with Gasteiger partial charge in [-0.1, -0.05) is 59.6 Å². The first kappa shape index (κ1) is 27.8. The molecule has 1 unspecified atom stereocenters. The maximum atomic E-state index is 13.9. The van der Waals surface area contributed by atoms with E-state index in [0.717, 1.165) is 5.56 Å². The van der Waals surface area contributed by atoms with Crippen LogP contribution in [0, 0.1) is 17.1 Å².